The Balaban J connectivity index is 1.43. The van der Waals surface area contributed by atoms with Gasteiger partial charge in [0.1, 0.15) is 6.17 Å². The second-order valence-corrected chi connectivity index (χ2v) is 10.6. The lowest BCUT2D eigenvalue weighted by molar-refractivity contribution is -0.0596. The molecule has 4 aliphatic heterocycles. The number of hydrogen-bond donors (Lipinski definition) is 0. The van der Waals surface area contributed by atoms with Crippen LogP contribution >= 0.6 is 0 Å². The largest absolute Gasteiger partial charge is 0.381 e. The minimum atomic E-state index is -0.854. The molecule has 0 radical (unpaired) electrons. The van der Waals surface area contributed by atoms with E-state index in [9.17, 15) is 4.39 Å². The monoisotopic (exact) mass is 440 g/mol. The molecular weight excluding hydrogens is 395 g/mol. The summed E-state index contributed by atoms with van der Waals surface area (Å²) < 4.78 is 25.6. The smallest absolute Gasteiger partial charge is 0.139 e. The predicted molar refractivity (Wildman–Crippen MR) is 122 cm³/mol. The normalized spacial score (nSPS) is 40.9. The SMILES string of the molecule is COC1CCN(C2CCN(C)CC2C2CC(N3CC[C@H](OC)[C@H](F)C3)CCN2C)CC1. The molecule has 4 heterocycles. The lowest BCUT2D eigenvalue weighted by atomic mass is 9.78. The number of ether oxygens (including phenoxy) is 2. The van der Waals surface area contributed by atoms with E-state index in [-0.39, 0.29) is 6.10 Å². The van der Waals surface area contributed by atoms with Crippen LogP contribution in [0.25, 0.3) is 0 Å². The molecule has 0 spiro atoms. The summed E-state index contributed by atoms with van der Waals surface area (Å²) in [5.41, 5.74) is 0. The Morgan fingerprint density at radius 3 is 2.16 bits per heavy atom. The molecule has 0 bridgehead atoms. The summed E-state index contributed by atoms with van der Waals surface area (Å²) in [7, 11) is 8.10. The van der Waals surface area contributed by atoms with Gasteiger partial charge in [-0.2, -0.15) is 0 Å². The zero-order valence-electron chi connectivity index (χ0n) is 20.2. The second-order valence-electron chi connectivity index (χ2n) is 10.6. The number of halogens is 1. The van der Waals surface area contributed by atoms with Crippen molar-refractivity contribution in [2.24, 2.45) is 5.92 Å². The molecule has 6 nitrogen and oxygen atoms in total. The molecule has 6 atom stereocenters. The Bertz CT molecular complexity index is 562. The van der Waals surface area contributed by atoms with E-state index in [1.165, 1.54) is 25.9 Å². The first kappa shape index (κ1) is 23.8. The minimum Gasteiger partial charge on any atom is -0.381 e. The molecule has 0 aliphatic carbocycles. The molecular formula is C24H45FN4O2. The maximum Gasteiger partial charge on any atom is 0.139 e. The topological polar surface area (TPSA) is 31.4 Å². The summed E-state index contributed by atoms with van der Waals surface area (Å²) in [6, 6.07) is 1.74. The summed E-state index contributed by atoms with van der Waals surface area (Å²) in [5.74, 6) is 0.656. The van der Waals surface area contributed by atoms with Gasteiger partial charge in [0, 0.05) is 71.0 Å². The molecule has 4 aliphatic rings. The van der Waals surface area contributed by atoms with Crippen molar-refractivity contribution in [2.75, 3.05) is 74.1 Å². The molecule has 4 unspecified atom stereocenters. The van der Waals surface area contributed by atoms with Crippen molar-refractivity contribution in [1.82, 2.24) is 19.6 Å². The molecule has 4 rings (SSSR count). The first-order chi connectivity index (χ1) is 15.0. The maximum atomic E-state index is 14.6. The van der Waals surface area contributed by atoms with Gasteiger partial charge in [-0.05, 0) is 65.7 Å². The highest BCUT2D eigenvalue weighted by Gasteiger charge is 2.43. The van der Waals surface area contributed by atoms with E-state index in [0.29, 0.717) is 36.7 Å². The number of methoxy groups -OCH3 is 2. The van der Waals surface area contributed by atoms with Gasteiger partial charge < -0.3 is 19.3 Å². The fourth-order valence-electron chi connectivity index (χ4n) is 6.85. The van der Waals surface area contributed by atoms with Crippen molar-refractivity contribution >= 4 is 0 Å². The summed E-state index contributed by atoms with van der Waals surface area (Å²) in [4.78, 5) is 10.4. The fourth-order valence-corrected chi connectivity index (χ4v) is 6.85. The molecule has 0 aromatic heterocycles. The number of hydrogen-bond acceptors (Lipinski definition) is 6. The van der Waals surface area contributed by atoms with E-state index >= 15 is 0 Å². The van der Waals surface area contributed by atoms with Gasteiger partial charge in [-0.15, -0.1) is 0 Å². The van der Waals surface area contributed by atoms with E-state index < -0.39 is 6.17 Å². The summed E-state index contributed by atoms with van der Waals surface area (Å²) in [6.07, 6.45) is 6.09. The minimum absolute atomic E-state index is 0.218. The predicted octanol–water partition coefficient (Wildman–Crippen LogP) is 1.94. The number of alkyl halides is 1. The van der Waals surface area contributed by atoms with Crippen LogP contribution in [0.1, 0.15) is 38.5 Å². The van der Waals surface area contributed by atoms with Crippen LogP contribution in [0.2, 0.25) is 0 Å². The van der Waals surface area contributed by atoms with Crippen LogP contribution in [0.4, 0.5) is 4.39 Å². The van der Waals surface area contributed by atoms with Crippen molar-refractivity contribution in [3.05, 3.63) is 0 Å². The third kappa shape index (κ3) is 5.44. The van der Waals surface area contributed by atoms with Crippen molar-refractivity contribution in [3.8, 4) is 0 Å². The van der Waals surface area contributed by atoms with E-state index in [1.54, 1.807) is 7.11 Å². The number of likely N-dealkylation sites (tertiary alicyclic amines) is 4. The zero-order chi connectivity index (χ0) is 22.0. The highest BCUT2D eigenvalue weighted by molar-refractivity contribution is 4.99. The van der Waals surface area contributed by atoms with Crippen molar-refractivity contribution in [1.29, 1.82) is 0 Å². The molecule has 0 saturated carbocycles. The van der Waals surface area contributed by atoms with Gasteiger partial charge in [0.05, 0.1) is 12.2 Å². The van der Waals surface area contributed by atoms with Gasteiger partial charge in [0.2, 0.25) is 0 Å². The van der Waals surface area contributed by atoms with Gasteiger partial charge in [0.25, 0.3) is 0 Å². The third-order valence-corrected chi connectivity index (χ3v) is 8.82. The summed E-state index contributed by atoms with van der Waals surface area (Å²) >= 11 is 0. The molecule has 0 aromatic carbocycles. The Morgan fingerprint density at radius 1 is 0.742 bits per heavy atom. The van der Waals surface area contributed by atoms with Crippen molar-refractivity contribution < 1.29 is 13.9 Å². The molecule has 0 N–H and O–H groups in total. The van der Waals surface area contributed by atoms with E-state index in [4.69, 9.17) is 9.47 Å². The Morgan fingerprint density at radius 2 is 1.48 bits per heavy atom. The first-order valence-corrected chi connectivity index (χ1v) is 12.6. The van der Waals surface area contributed by atoms with Gasteiger partial charge in [-0.1, -0.05) is 0 Å². The quantitative estimate of drug-likeness (QED) is 0.650. The number of rotatable bonds is 5. The molecule has 0 aromatic rings. The fraction of sp³-hybridized carbons (Fsp3) is 1.00. The molecule has 4 fully saturated rings. The second kappa shape index (κ2) is 10.7. The average Bonchev–Trinajstić information content (AvgIpc) is 2.79. The zero-order valence-corrected chi connectivity index (χ0v) is 20.2. The lowest BCUT2D eigenvalue weighted by Gasteiger charge is -2.53. The highest BCUT2D eigenvalue weighted by Crippen LogP contribution is 2.35. The van der Waals surface area contributed by atoms with Crippen molar-refractivity contribution in [2.45, 2.75) is 75.0 Å². The standard InChI is InChI=1S/C24H45FN4O2/c1-26-10-8-22(28-12-6-19(30-3)7-13-28)20(16-26)23-15-18(5-11-27(23)2)29-14-9-24(31-4)21(25)17-29/h18-24H,5-17H2,1-4H3/t18?,20?,21-,22?,23?,24+/m1/s1. The molecule has 7 heteroatoms. The molecule has 31 heavy (non-hydrogen) atoms. The van der Waals surface area contributed by atoms with Crippen molar-refractivity contribution in [3.63, 3.8) is 0 Å². The van der Waals surface area contributed by atoms with Gasteiger partial charge in [-0.3, -0.25) is 9.80 Å². The Kier molecular flexibility index (Phi) is 8.26. The van der Waals surface area contributed by atoms with Gasteiger partial charge >= 0.3 is 0 Å². The van der Waals surface area contributed by atoms with E-state index in [1.807, 2.05) is 7.11 Å². The van der Waals surface area contributed by atoms with Crippen LogP contribution < -0.4 is 0 Å². The van der Waals surface area contributed by atoms with Crippen LogP contribution in [-0.2, 0) is 9.47 Å². The van der Waals surface area contributed by atoms with E-state index in [2.05, 4.69) is 33.7 Å². The maximum absolute atomic E-state index is 14.6. The first-order valence-electron chi connectivity index (χ1n) is 12.6. The number of piperidine rings is 4. The molecule has 4 saturated heterocycles. The van der Waals surface area contributed by atoms with Crippen LogP contribution in [-0.4, -0.2) is 130 Å². The van der Waals surface area contributed by atoms with Crippen LogP contribution in [0, 0.1) is 5.92 Å². The van der Waals surface area contributed by atoms with Crippen LogP contribution in [0.3, 0.4) is 0 Å². The molecule has 0 amide bonds. The third-order valence-electron chi connectivity index (χ3n) is 8.82. The molecule has 180 valence electrons. The summed E-state index contributed by atoms with van der Waals surface area (Å²) in [6.45, 7) is 7.33. The van der Waals surface area contributed by atoms with Crippen LogP contribution in [0.15, 0.2) is 0 Å². The van der Waals surface area contributed by atoms with E-state index in [0.717, 1.165) is 51.9 Å². The lowest BCUT2D eigenvalue weighted by Crippen LogP contribution is -2.62. The number of nitrogens with zero attached hydrogens (tertiary/aromatic N) is 4. The summed E-state index contributed by atoms with van der Waals surface area (Å²) in [5, 5.41) is 0. The highest BCUT2D eigenvalue weighted by atomic mass is 19.1. The van der Waals surface area contributed by atoms with Gasteiger partial charge in [-0.25, -0.2) is 4.39 Å². The average molecular weight is 441 g/mol. The Labute approximate surface area is 189 Å². The van der Waals surface area contributed by atoms with Crippen LogP contribution in [0.5, 0.6) is 0 Å². The Hall–Kier alpha value is -0.310. The van der Waals surface area contributed by atoms with Gasteiger partial charge in [0.15, 0.2) is 0 Å².